The summed E-state index contributed by atoms with van der Waals surface area (Å²) in [5, 5.41) is 7.13. The highest BCUT2D eigenvalue weighted by Gasteiger charge is 2.24. The number of piperidine rings is 1. The summed E-state index contributed by atoms with van der Waals surface area (Å²) in [6, 6.07) is 0.213. The Labute approximate surface area is 216 Å². The molecule has 0 aromatic carbocycles. The van der Waals surface area contributed by atoms with Gasteiger partial charge in [0.25, 0.3) is 0 Å². The quantitative estimate of drug-likeness (QED) is 0.273. The van der Waals surface area contributed by atoms with Crippen molar-refractivity contribution in [2.75, 3.05) is 26.2 Å². The number of unbranched alkanes of at least 4 members (excludes halogenated alkanes) is 7. The fraction of sp³-hybridized carbons (Fsp3) is 0.778. The lowest BCUT2D eigenvalue weighted by molar-refractivity contribution is -0.132. The molecular weight excluding hydrogens is 460 g/mol. The SMILES string of the molecule is CCOC(=O)c1cnn(C2CCN(C(=O)CCCCCCCCCCNC(=O)OC(C)(C)C)CC2)c1. The summed E-state index contributed by atoms with van der Waals surface area (Å²) in [5.74, 6) is -0.0948. The van der Waals surface area contributed by atoms with Gasteiger partial charge in [-0.2, -0.15) is 5.10 Å². The number of carbonyl (C=O) groups excluding carboxylic acids is 3. The average molecular weight is 507 g/mol. The van der Waals surface area contributed by atoms with E-state index < -0.39 is 5.60 Å². The van der Waals surface area contributed by atoms with E-state index in [1.807, 2.05) is 30.4 Å². The highest BCUT2D eigenvalue weighted by Crippen LogP contribution is 2.23. The molecule has 0 unspecified atom stereocenters. The monoisotopic (exact) mass is 506 g/mol. The third kappa shape index (κ3) is 11.4. The van der Waals surface area contributed by atoms with Crippen LogP contribution >= 0.6 is 0 Å². The minimum Gasteiger partial charge on any atom is -0.462 e. The molecule has 2 amide bonds. The molecule has 0 atom stereocenters. The molecule has 0 bridgehead atoms. The number of carbonyl (C=O) groups is 3. The summed E-state index contributed by atoms with van der Waals surface area (Å²) in [4.78, 5) is 37.9. The molecule has 1 aliphatic heterocycles. The second-order valence-electron chi connectivity index (χ2n) is 10.5. The Morgan fingerprint density at radius 1 is 1.00 bits per heavy atom. The molecule has 0 radical (unpaired) electrons. The van der Waals surface area contributed by atoms with Gasteiger partial charge in [0.1, 0.15) is 5.60 Å². The van der Waals surface area contributed by atoms with Crippen LogP contribution in [0.25, 0.3) is 0 Å². The van der Waals surface area contributed by atoms with Crippen LogP contribution in [-0.4, -0.2) is 64.5 Å². The molecule has 1 aliphatic rings. The Kier molecular flexibility index (Phi) is 12.8. The average Bonchev–Trinajstić information content (AvgIpc) is 3.32. The van der Waals surface area contributed by atoms with Crippen molar-refractivity contribution in [3.63, 3.8) is 0 Å². The van der Waals surface area contributed by atoms with Crippen molar-refractivity contribution in [2.45, 2.75) is 110 Å². The summed E-state index contributed by atoms with van der Waals surface area (Å²) in [5.41, 5.74) is 0.0236. The number of ether oxygens (including phenoxy) is 2. The smallest absolute Gasteiger partial charge is 0.407 e. The molecule has 36 heavy (non-hydrogen) atoms. The van der Waals surface area contributed by atoms with Crippen LogP contribution in [0.4, 0.5) is 4.79 Å². The van der Waals surface area contributed by atoms with E-state index in [9.17, 15) is 14.4 Å². The van der Waals surface area contributed by atoms with Gasteiger partial charge in [0.15, 0.2) is 0 Å². The van der Waals surface area contributed by atoms with E-state index in [0.29, 0.717) is 25.1 Å². The van der Waals surface area contributed by atoms with Crippen LogP contribution in [-0.2, 0) is 14.3 Å². The molecule has 1 fully saturated rings. The van der Waals surface area contributed by atoms with Gasteiger partial charge in [-0.25, -0.2) is 9.59 Å². The zero-order valence-corrected chi connectivity index (χ0v) is 22.7. The lowest BCUT2D eigenvalue weighted by atomic mass is 10.0. The highest BCUT2D eigenvalue weighted by atomic mass is 16.6. The topological polar surface area (TPSA) is 103 Å². The Bertz CT molecular complexity index is 809. The van der Waals surface area contributed by atoms with Crippen molar-refractivity contribution < 1.29 is 23.9 Å². The molecule has 0 aliphatic carbocycles. The molecule has 2 heterocycles. The summed E-state index contributed by atoms with van der Waals surface area (Å²) in [6.07, 6.45) is 14.1. The Hall–Kier alpha value is -2.58. The van der Waals surface area contributed by atoms with E-state index in [0.717, 1.165) is 58.0 Å². The highest BCUT2D eigenvalue weighted by molar-refractivity contribution is 5.88. The third-order valence-corrected chi connectivity index (χ3v) is 6.29. The van der Waals surface area contributed by atoms with E-state index in [1.54, 1.807) is 19.3 Å². The number of hydrogen-bond donors (Lipinski definition) is 1. The number of alkyl carbamates (subject to hydrolysis) is 1. The number of amides is 2. The van der Waals surface area contributed by atoms with Gasteiger partial charge in [-0.3, -0.25) is 9.48 Å². The predicted molar refractivity (Wildman–Crippen MR) is 139 cm³/mol. The Balaban J connectivity index is 1.46. The number of rotatable bonds is 14. The zero-order valence-electron chi connectivity index (χ0n) is 22.7. The van der Waals surface area contributed by atoms with Crippen LogP contribution in [0, 0.1) is 0 Å². The summed E-state index contributed by atoms with van der Waals surface area (Å²) < 4.78 is 12.1. The van der Waals surface area contributed by atoms with Gasteiger partial charge in [-0.1, -0.05) is 38.5 Å². The van der Waals surface area contributed by atoms with Crippen molar-refractivity contribution in [3.8, 4) is 0 Å². The maximum absolute atomic E-state index is 12.6. The standard InChI is InChI=1S/C27H46N4O5/c1-5-35-25(33)22-20-29-31(21-22)23-15-18-30(19-16-23)24(32)14-12-10-8-6-7-9-11-13-17-28-26(34)36-27(2,3)4/h20-21,23H,5-19H2,1-4H3,(H,28,34). The lowest BCUT2D eigenvalue weighted by Crippen LogP contribution is -2.39. The second kappa shape index (κ2) is 15.5. The Morgan fingerprint density at radius 2 is 1.61 bits per heavy atom. The first-order valence-corrected chi connectivity index (χ1v) is 13.7. The van der Waals surface area contributed by atoms with Crippen molar-refractivity contribution in [1.29, 1.82) is 0 Å². The maximum atomic E-state index is 12.6. The van der Waals surface area contributed by atoms with Crippen LogP contribution < -0.4 is 5.32 Å². The largest absolute Gasteiger partial charge is 0.462 e. The number of hydrogen-bond acceptors (Lipinski definition) is 6. The van der Waals surface area contributed by atoms with E-state index in [4.69, 9.17) is 9.47 Å². The summed E-state index contributed by atoms with van der Waals surface area (Å²) in [7, 11) is 0. The van der Waals surface area contributed by atoms with Gasteiger partial charge in [0, 0.05) is 32.3 Å². The molecule has 1 saturated heterocycles. The first-order chi connectivity index (χ1) is 17.2. The van der Waals surface area contributed by atoms with Crippen molar-refractivity contribution in [1.82, 2.24) is 20.0 Å². The van der Waals surface area contributed by atoms with Crippen LogP contribution in [0.5, 0.6) is 0 Å². The van der Waals surface area contributed by atoms with Crippen LogP contribution in [0.1, 0.15) is 115 Å². The maximum Gasteiger partial charge on any atom is 0.407 e. The van der Waals surface area contributed by atoms with Crippen LogP contribution in [0.3, 0.4) is 0 Å². The molecule has 1 aromatic rings. The molecule has 9 nitrogen and oxygen atoms in total. The van der Waals surface area contributed by atoms with Gasteiger partial charge in [0.05, 0.1) is 24.4 Å². The number of likely N-dealkylation sites (tertiary alicyclic amines) is 1. The van der Waals surface area contributed by atoms with Gasteiger partial charge in [-0.05, 0) is 53.4 Å². The van der Waals surface area contributed by atoms with Gasteiger partial charge in [-0.15, -0.1) is 0 Å². The minimum atomic E-state index is -0.454. The van der Waals surface area contributed by atoms with Crippen LogP contribution in [0.15, 0.2) is 12.4 Å². The predicted octanol–water partition coefficient (Wildman–Crippen LogP) is 5.26. The van der Waals surface area contributed by atoms with Gasteiger partial charge in [0.2, 0.25) is 5.91 Å². The van der Waals surface area contributed by atoms with Gasteiger partial charge >= 0.3 is 12.1 Å². The van der Waals surface area contributed by atoms with Crippen molar-refractivity contribution in [3.05, 3.63) is 18.0 Å². The zero-order chi connectivity index (χ0) is 26.4. The van der Waals surface area contributed by atoms with E-state index in [1.165, 1.54) is 19.3 Å². The van der Waals surface area contributed by atoms with Crippen LogP contribution in [0.2, 0.25) is 0 Å². The third-order valence-electron chi connectivity index (χ3n) is 6.29. The second-order valence-corrected chi connectivity index (χ2v) is 10.5. The summed E-state index contributed by atoms with van der Waals surface area (Å²) >= 11 is 0. The van der Waals surface area contributed by atoms with Crippen molar-refractivity contribution >= 4 is 18.0 Å². The fourth-order valence-corrected chi connectivity index (χ4v) is 4.36. The van der Waals surface area contributed by atoms with Gasteiger partial charge < -0.3 is 19.7 Å². The minimum absolute atomic E-state index is 0.213. The van der Waals surface area contributed by atoms with E-state index in [2.05, 4.69) is 10.4 Å². The molecule has 0 saturated carbocycles. The Morgan fingerprint density at radius 3 is 2.22 bits per heavy atom. The summed E-state index contributed by atoms with van der Waals surface area (Å²) in [6.45, 7) is 9.85. The van der Waals surface area contributed by atoms with E-state index >= 15 is 0 Å². The molecule has 204 valence electrons. The molecule has 0 spiro atoms. The molecule has 1 aromatic heterocycles. The number of esters is 1. The first-order valence-electron chi connectivity index (χ1n) is 13.7. The van der Waals surface area contributed by atoms with Crippen molar-refractivity contribution in [2.24, 2.45) is 0 Å². The molecule has 2 rings (SSSR count). The number of aromatic nitrogens is 2. The molecule has 9 heteroatoms. The lowest BCUT2D eigenvalue weighted by Gasteiger charge is -2.32. The number of nitrogens with one attached hydrogen (secondary N) is 1. The first kappa shape index (κ1) is 29.6. The number of nitrogens with zero attached hydrogens (tertiary/aromatic N) is 3. The fourth-order valence-electron chi connectivity index (χ4n) is 4.36. The molecule has 1 N–H and O–H groups in total. The normalized spacial score (nSPS) is 14.5. The van der Waals surface area contributed by atoms with E-state index in [-0.39, 0.29) is 24.0 Å². The molecular formula is C27H46N4O5.